The number of amides is 1. The van der Waals surface area contributed by atoms with Gasteiger partial charge in [0.15, 0.2) is 0 Å². The number of halogens is 3. The zero-order chi connectivity index (χ0) is 16.8. The molecule has 0 bridgehead atoms. The van der Waals surface area contributed by atoms with Crippen LogP contribution in [0.1, 0.15) is 35.3 Å². The fourth-order valence-corrected chi connectivity index (χ4v) is 3.13. The van der Waals surface area contributed by atoms with Crippen LogP contribution >= 0.6 is 0 Å². The minimum atomic E-state index is -4.42. The highest BCUT2D eigenvalue weighted by Crippen LogP contribution is 2.32. The van der Waals surface area contributed by atoms with Crippen molar-refractivity contribution >= 4 is 16.8 Å². The van der Waals surface area contributed by atoms with E-state index in [9.17, 15) is 23.1 Å². The smallest absolute Gasteiger partial charge is 0.391 e. The molecule has 3 rings (SSSR count). The topological polar surface area (TPSA) is 56.3 Å². The van der Waals surface area contributed by atoms with Gasteiger partial charge in [0.1, 0.15) is 5.69 Å². The van der Waals surface area contributed by atoms with E-state index in [0.717, 1.165) is 25.0 Å². The number of carbonyl (C=O) groups is 1. The number of rotatable bonds is 2. The Morgan fingerprint density at radius 1 is 1.30 bits per heavy atom. The summed E-state index contributed by atoms with van der Waals surface area (Å²) < 4.78 is 38.2. The highest BCUT2D eigenvalue weighted by atomic mass is 19.4. The lowest BCUT2D eigenvalue weighted by molar-refractivity contribution is -0.137. The van der Waals surface area contributed by atoms with E-state index in [4.69, 9.17) is 0 Å². The summed E-state index contributed by atoms with van der Waals surface area (Å²) in [5.41, 5.74) is -0.269. The minimum absolute atomic E-state index is 0.223. The van der Waals surface area contributed by atoms with Crippen molar-refractivity contribution in [1.82, 2.24) is 9.88 Å². The number of aliphatic hydroxyl groups excluding tert-OH is 1. The Labute approximate surface area is 130 Å². The fraction of sp³-hybridized carbons (Fsp3) is 0.438. The Morgan fingerprint density at radius 2 is 2.04 bits per heavy atom. The maximum atomic E-state index is 12.7. The quantitative estimate of drug-likeness (QED) is 0.890. The molecule has 0 spiro atoms. The molecule has 1 amide bonds. The number of benzene rings is 1. The summed E-state index contributed by atoms with van der Waals surface area (Å²) in [6, 6.07) is 4.62. The third kappa shape index (κ3) is 2.93. The van der Waals surface area contributed by atoms with Crippen molar-refractivity contribution in [1.29, 1.82) is 0 Å². The van der Waals surface area contributed by atoms with Crippen molar-refractivity contribution in [3.8, 4) is 0 Å². The lowest BCUT2D eigenvalue weighted by Crippen LogP contribution is -2.41. The van der Waals surface area contributed by atoms with Crippen LogP contribution in [0.25, 0.3) is 10.9 Å². The first-order chi connectivity index (χ1) is 10.8. The molecule has 0 unspecified atom stereocenters. The summed E-state index contributed by atoms with van der Waals surface area (Å²) in [6.45, 7) is 0. The molecule has 1 fully saturated rings. The number of carbonyl (C=O) groups excluding carboxylic acids is 1. The fourth-order valence-electron chi connectivity index (χ4n) is 3.13. The Kier molecular flexibility index (Phi) is 3.83. The molecular weight excluding hydrogens is 309 g/mol. The molecular formula is C16H17F3N2O2. The first-order valence-corrected chi connectivity index (χ1v) is 7.42. The number of hydrogen-bond donors (Lipinski definition) is 2. The number of aromatic nitrogens is 1. The van der Waals surface area contributed by atoms with Crippen LogP contribution in [-0.2, 0) is 6.18 Å². The lowest BCUT2D eigenvalue weighted by atomic mass is 10.1. The number of H-pyrrole nitrogens is 1. The van der Waals surface area contributed by atoms with Gasteiger partial charge in [-0.25, -0.2) is 0 Å². The largest absolute Gasteiger partial charge is 0.416 e. The molecule has 1 aliphatic rings. The van der Waals surface area contributed by atoms with E-state index in [1.165, 1.54) is 17.0 Å². The molecule has 23 heavy (non-hydrogen) atoms. The van der Waals surface area contributed by atoms with Crippen LogP contribution in [0.15, 0.2) is 24.3 Å². The number of alkyl halides is 3. The average molecular weight is 326 g/mol. The third-order valence-corrected chi connectivity index (χ3v) is 4.44. The maximum absolute atomic E-state index is 12.7. The Bertz CT molecular complexity index is 738. The molecule has 2 N–H and O–H groups in total. The number of aliphatic hydroxyl groups is 1. The van der Waals surface area contributed by atoms with Gasteiger partial charge < -0.3 is 15.0 Å². The molecule has 2 atom stereocenters. The molecule has 7 heteroatoms. The van der Waals surface area contributed by atoms with E-state index in [-0.39, 0.29) is 23.2 Å². The summed E-state index contributed by atoms with van der Waals surface area (Å²) in [7, 11) is 1.61. The number of nitrogens with one attached hydrogen (secondary N) is 1. The van der Waals surface area contributed by atoms with E-state index >= 15 is 0 Å². The second-order valence-corrected chi connectivity index (χ2v) is 5.96. The van der Waals surface area contributed by atoms with Gasteiger partial charge in [-0.05, 0) is 37.5 Å². The van der Waals surface area contributed by atoms with E-state index in [1.807, 2.05) is 0 Å². The van der Waals surface area contributed by atoms with Crippen molar-refractivity contribution in [2.75, 3.05) is 7.05 Å². The molecule has 1 heterocycles. The summed E-state index contributed by atoms with van der Waals surface area (Å²) in [5, 5.41) is 10.4. The van der Waals surface area contributed by atoms with Gasteiger partial charge in [0.05, 0.1) is 17.7 Å². The molecule has 1 aliphatic carbocycles. The van der Waals surface area contributed by atoms with Crippen molar-refractivity contribution < 1.29 is 23.1 Å². The number of aromatic amines is 1. The molecule has 1 aromatic carbocycles. The van der Waals surface area contributed by atoms with Crippen LogP contribution in [0.3, 0.4) is 0 Å². The molecule has 1 aromatic heterocycles. The Hall–Kier alpha value is -2.02. The molecule has 124 valence electrons. The zero-order valence-corrected chi connectivity index (χ0v) is 12.5. The van der Waals surface area contributed by atoms with E-state index in [0.29, 0.717) is 11.8 Å². The van der Waals surface area contributed by atoms with Crippen molar-refractivity contribution in [3.63, 3.8) is 0 Å². The minimum Gasteiger partial charge on any atom is -0.391 e. The van der Waals surface area contributed by atoms with E-state index < -0.39 is 17.8 Å². The van der Waals surface area contributed by atoms with Gasteiger partial charge in [0.2, 0.25) is 0 Å². The van der Waals surface area contributed by atoms with E-state index in [1.54, 1.807) is 7.05 Å². The monoisotopic (exact) mass is 326 g/mol. The maximum Gasteiger partial charge on any atom is 0.416 e. The Morgan fingerprint density at radius 3 is 2.65 bits per heavy atom. The van der Waals surface area contributed by atoms with E-state index in [2.05, 4.69) is 4.98 Å². The second-order valence-electron chi connectivity index (χ2n) is 5.96. The number of hydrogen-bond acceptors (Lipinski definition) is 2. The standard InChI is InChI=1S/C16H17F3N2O2/c1-21(13-3-2-4-14(13)22)15(23)12-7-9-5-6-10(16(17,18)19)8-11(9)20-12/h5-8,13-14,20,22H,2-4H2,1H3/t13-,14-/m1/s1. The normalized spacial score (nSPS) is 21.8. The van der Waals surface area contributed by atoms with Crippen LogP contribution < -0.4 is 0 Å². The highest BCUT2D eigenvalue weighted by molar-refractivity contribution is 5.98. The van der Waals surface area contributed by atoms with Gasteiger partial charge in [0.25, 0.3) is 5.91 Å². The van der Waals surface area contributed by atoms with Crippen LogP contribution in [0.4, 0.5) is 13.2 Å². The first-order valence-electron chi connectivity index (χ1n) is 7.42. The highest BCUT2D eigenvalue weighted by Gasteiger charge is 2.33. The molecule has 4 nitrogen and oxygen atoms in total. The van der Waals surface area contributed by atoms with Crippen LogP contribution in [0, 0.1) is 0 Å². The molecule has 1 saturated carbocycles. The lowest BCUT2D eigenvalue weighted by Gasteiger charge is -2.26. The molecule has 0 saturated heterocycles. The Balaban J connectivity index is 1.89. The summed E-state index contributed by atoms with van der Waals surface area (Å²) in [6.07, 6.45) is -2.74. The molecule has 0 radical (unpaired) electrons. The predicted octanol–water partition coefficient (Wildman–Crippen LogP) is 3.17. The second kappa shape index (κ2) is 5.56. The van der Waals surface area contributed by atoms with Gasteiger partial charge in [-0.2, -0.15) is 13.2 Å². The van der Waals surface area contributed by atoms with Gasteiger partial charge >= 0.3 is 6.18 Å². The van der Waals surface area contributed by atoms with Gasteiger partial charge in [-0.1, -0.05) is 6.07 Å². The van der Waals surface area contributed by atoms with Crippen LogP contribution in [0.5, 0.6) is 0 Å². The van der Waals surface area contributed by atoms with Gasteiger partial charge in [0, 0.05) is 18.0 Å². The summed E-state index contributed by atoms with van der Waals surface area (Å²) in [5.74, 6) is -0.333. The number of fused-ring (bicyclic) bond motifs is 1. The predicted molar refractivity (Wildman–Crippen MR) is 79.0 cm³/mol. The average Bonchev–Trinajstić information content (AvgIpc) is 3.09. The molecule has 0 aliphatic heterocycles. The van der Waals surface area contributed by atoms with Gasteiger partial charge in [-0.3, -0.25) is 4.79 Å². The molecule has 2 aromatic rings. The van der Waals surface area contributed by atoms with Gasteiger partial charge in [-0.15, -0.1) is 0 Å². The SMILES string of the molecule is CN(C(=O)c1cc2ccc(C(F)(F)F)cc2[nH]1)[C@@H]1CCC[C@H]1O. The van der Waals surface area contributed by atoms with Crippen LogP contribution in [0.2, 0.25) is 0 Å². The van der Waals surface area contributed by atoms with Crippen molar-refractivity contribution in [2.45, 2.75) is 37.6 Å². The number of nitrogens with zero attached hydrogens (tertiary/aromatic N) is 1. The van der Waals surface area contributed by atoms with Crippen molar-refractivity contribution in [2.24, 2.45) is 0 Å². The zero-order valence-electron chi connectivity index (χ0n) is 12.5. The van der Waals surface area contributed by atoms with Crippen LogP contribution in [-0.4, -0.2) is 40.1 Å². The summed E-state index contributed by atoms with van der Waals surface area (Å²) >= 11 is 0. The third-order valence-electron chi connectivity index (χ3n) is 4.44. The van der Waals surface area contributed by atoms with Crippen molar-refractivity contribution in [3.05, 3.63) is 35.5 Å². The first kappa shape index (κ1) is 15.9. The summed E-state index contributed by atoms with van der Waals surface area (Å²) in [4.78, 5) is 16.7. The number of likely N-dealkylation sites (N-methyl/N-ethyl adjacent to an activating group) is 1.